The number of aliphatic hydroxyl groups is 1. The number of aliphatic hydroxyl groups excluding tert-OH is 1. The van der Waals surface area contributed by atoms with E-state index in [4.69, 9.17) is 17.3 Å². The van der Waals surface area contributed by atoms with Gasteiger partial charge in [-0.2, -0.15) is 13.2 Å². The van der Waals surface area contributed by atoms with E-state index in [0.717, 1.165) is 12.5 Å². The lowest BCUT2D eigenvalue weighted by Crippen LogP contribution is -2.29. The van der Waals surface area contributed by atoms with Crippen LogP contribution in [0.5, 0.6) is 0 Å². The van der Waals surface area contributed by atoms with Crippen molar-refractivity contribution in [2.24, 2.45) is 5.73 Å². The number of rotatable bonds is 5. The molecule has 0 amide bonds. The molecule has 2 nitrogen and oxygen atoms in total. The molecule has 1 aromatic carbocycles. The van der Waals surface area contributed by atoms with Gasteiger partial charge in [-0.3, -0.25) is 0 Å². The van der Waals surface area contributed by atoms with Crippen LogP contribution in [-0.4, -0.2) is 11.2 Å². The zero-order valence-corrected chi connectivity index (χ0v) is 12.8. The Balaban J connectivity index is 0.00000400. The van der Waals surface area contributed by atoms with Crippen LogP contribution in [0.25, 0.3) is 0 Å². The molecule has 0 radical (unpaired) electrons. The van der Waals surface area contributed by atoms with E-state index in [1.807, 2.05) is 6.92 Å². The highest BCUT2D eigenvalue weighted by molar-refractivity contribution is 6.30. The molecule has 0 bridgehead atoms. The number of nitrogens with two attached hydrogens (primary N) is 1. The van der Waals surface area contributed by atoms with Crippen molar-refractivity contribution in [2.45, 2.75) is 44.5 Å². The maximum absolute atomic E-state index is 13.9. The van der Waals surface area contributed by atoms with Gasteiger partial charge in [0.2, 0.25) is 0 Å². The van der Waals surface area contributed by atoms with Crippen LogP contribution in [0.15, 0.2) is 12.1 Å². The molecule has 0 heterocycles. The first-order valence-electron chi connectivity index (χ1n) is 6.18. The number of hydrogen-bond donors (Lipinski definition) is 2. The molecule has 122 valence electrons. The van der Waals surface area contributed by atoms with Crippen LogP contribution in [0, 0.1) is 5.82 Å². The molecule has 21 heavy (non-hydrogen) atoms. The third kappa shape index (κ3) is 4.98. The second-order valence-electron chi connectivity index (χ2n) is 4.56. The Hall–Kier alpha value is -0.560. The number of unbranched alkanes of at least 4 members (excludes halogenated alkanes) is 1. The zero-order valence-electron chi connectivity index (χ0n) is 11.3. The Morgan fingerprint density at radius 3 is 2.38 bits per heavy atom. The molecule has 0 saturated carbocycles. The lowest BCUT2D eigenvalue weighted by Gasteiger charge is -2.23. The van der Waals surface area contributed by atoms with E-state index in [1.54, 1.807) is 0 Å². The summed E-state index contributed by atoms with van der Waals surface area (Å²) >= 11 is 5.51. The van der Waals surface area contributed by atoms with E-state index in [2.05, 4.69) is 0 Å². The fourth-order valence-corrected chi connectivity index (χ4v) is 2.09. The van der Waals surface area contributed by atoms with Crippen LogP contribution in [0.3, 0.4) is 0 Å². The monoisotopic (exact) mass is 349 g/mol. The minimum absolute atomic E-state index is 0. The number of benzene rings is 1. The first-order chi connectivity index (χ1) is 9.20. The molecule has 1 aromatic rings. The summed E-state index contributed by atoms with van der Waals surface area (Å²) in [5.41, 5.74) is 3.61. The molecule has 0 aliphatic heterocycles. The molecule has 0 spiro atoms. The molecule has 0 saturated heterocycles. The topological polar surface area (TPSA) is 46.2 Å². The number of hydrogen-bond acceptors (Lipinski definition) is 2. The summed E-state index contributed by atoms with van der Waals surface area (Å²) in [6.45, 7) is 1.86. The van der Waals surface area contributed by atoms with Crippen molar-refractivity contribution in [3.8, 4) is 0 Å². The molecule has 0 aliphatic carbocycles. The average molecular weight is 350 g/mol. The first kappa shape index (κ1) is 20.4. The van der Waals surface area contributed by atoms with E-state index < -0.39 is 40.3 Å². The Bertz CT molecular complexity index is 468. The van der Waals surface area contributed by atoms with E-state index in [0.29, 0.717) is 12.5 Å². The second kappa shape index (κ2) is 8.17. The minimum Gasteiger partial charge on any atom is -0.391 e. The molecule has 1 rings (SSSR count). The van der Waals surface area contributed by atoms with Gasteiger partial charge in [0.1, 0.15) is 5.82 Å². The van der Waals surface area contributed by atoms with Crippen molar-refractivity contribution >= 4 is 24.0 Å². The van der Waals surface area contributed by atoms with E-state index in [9.17, 15) is 22.7 Å². The number of alkyl halides is 3. The number of halogens is 6. The van der Waals surface area contributed by atoms with Gasteiger partial charge in [0.25, 0.3) is 0 Å². The third-order valence-corrected chi connectivity index (χ3v) is 3.33. The summed E-state index contributed by atoms with van der Waals surface area (Å²) in [7, 11) is 0. The van der Waals surface area contributed by atoms with Crippen molar-refractivity contribution in [2.75, 3.05) is 0 Å². The summed E-state index contributed by atoms with van der Waals surface area (Å²) < 4.78 is 52.6. The van der Waals surface area contributed by atoms with Crippen molar-refractivity contribution in [1.82, 2.24) is 0 Å². The Kier molecular flexibility index (Phi) is 7.95. The molecule has 0 fully saturated rings. The lowest BCUT2D eigenvalue weighted by atomic mass is 9.93. The largest absolute Gasteiger partial charge is 0.416 e. The van der Waals surface area contributed by atoms with E-state index >= 15 is 0 Å². The van der Waals surface area contributed by atoms with Gasteiger partial charge in [0.15, 0.2) is 0 Å². The van der Waals surface area contributed by atoms with Gasteiger partial charge in [-0.25, -0.2) is 4.39 Å². The highest BCUT2D eigenvalue weighted by atomic mass is 35.5. The van der Waals surface area contributed by atoms with Crippen LogP contribution in [0.2, 0.25) is 5.02 Å². The highest BCUT2D eigenvalue weighted by Crippen LogP contribution is 2.38. The molecule has 0 unspecified atom stereocenters. The summed E-state index contributed by atoms with van der Waals surface area (Å²) in [5, 5.41) is 9.35. The van der Waals surface area contributed by atoms with Gasteiger partial charge in [-0.15, -0.1) is 12.4 Å². The quantitative estimate of drug-likeness (QED) is 0.770. The molecule has 2 atom stereocenters. The van der Waals surface area contributed by atoms with Crippen molar-refractivity contribution in [1.29, 1.82) is 0 Å². The summed E-state index contributed by atoms with van der Waals surface area (Å²) in [6, 6.07) is 0.0264. The zero-order chi connectivity index (χ0) is 15.5. The molecule has 0 aromatic heterocycles. The van der Waals surface area contributed by atoms with Crippen molar-refractivity contribution in [3.63, 3.8) is 0 Å². The molecular weight excluding hydrogens is 333 g/mol. The smallest absolute Gasteiger partial charge is 0.391 e. The molecule has 8 heteroatoms. The standard InChI is InChI=1S/C13H16ClF4NO.ClH/c1-2-3-4-9(20)12(19)10-7(13(16,17)18)5-6-8(14)11(10)15;/h5-6,9,12,20H,2-4,19H2,1H3;1H/t9-,12-;/m0./s1. The summed E-state index contributed by atoms with van der Waals surface area (Å²) in [4.78, 5) is 0. The average Bonchev–Trinajstić information content (AvgIpc) is 2.36. The maximum Gasteiger partial charge on any atom is 0.416 e. The van der Waals surface area contributed by atoms with Gasteiger partial charge < -0.3 is 10.8 Å². The molecular formula is C13H17Cl2F4NO. The predicted octanol–water partition coefficient (Wildman–Crippen LogP) is 4.47. The van der Waals surface area contributed by atoms with Crippen LogP contribution in [0.1, 0.15) is 43.4 Å². The van der Waals surface area contributed by atoms with Gasteiger partial charge in [0, 0.05) is 5.56 Å². The van der Waals surface area contributed by atoms with Crippen molar-refractivity contribution < 1.29 is 22.7 Å². The van der Waals surface area contributed by atoms with Crippen LogP contribution in [-0.2, 0) is 6.18 Å². The predicted molar refractivity (Wildman–Crippen MR) is 76.1 cm³/mol. The van der Waals surface area contributed by atoms with Crippen molar-refractivity contribution in [3.05, 3.63) is 34.1 Å². The first-order valence-corrected chi connectivity index (χ1v) is 6.56. The minimum atomic E-state index is -4.76. The fourth-order valence-electron chi connectivity index (χ4n) is 1.92. The van der Waals surface area contributed by atoms with E-state index in [-0.39, 0.29) is 18.8 Å². The summed E-state index contributed by atoms with van der Waals surface area (Å²) in [6.07, 6.45) is -4.50. The Morgan fingerprint density at radius 1 is 1.33 bits per heavy atom. The lowest BCUT2D eigenvalue weighted by molar-refractivity contribution is -0.138. The van der Waals surface area contributed by atoms with Crippen LogP contribution in [0.4, 0.5) is 17.6 Å². The summed E-state index contributed by atoms with van der Waals surface area (Å²) in [5.74, 6) is -1.23. The molecule has 3 N–H and O–H groups in total. The van der Waals surface area contributed by atoms with Gasteiger partial charge in [-0.1, -0.05) is 31.4 Å². The van der Waals surface area contributed by atoms with Gasteiger partial charge >= 0.3 is 6.18 Å². The normalized spacial score (nSPS) is 14.5. The SMILES string of the molecule is CCCC[C@H](O)[C@H](N)c1c(C(F)(F)F)ccc(Cl)c1F.Cl. The fraction of sp³-hybridized carbons (Fsp3) is 0.538. The molecule has 0 aliphatic rings. The van der Waals surface area contributed by atoms with E-state index in [1.165, 1.54) is 0 Å². The Labute approximate surface area is 131 Å². The van der Waals surface area contributed by atoms with Crippen LogP contribution < -0.4 is 5.73 Å². The van der Waals surface area contributed by atoms with Crippen LogP contribution >= 0.6 is 24.0 Å². The highest BCUT2D eigenvalue weighted by Gasteiger charge is 2.38. The van der Waals surface area contributed by atoms with Gasteiger partial charge in [-0.05, 0) is 18.6 Å². The third-order valence-electron chi connectivity index (χ3n) is 3.04. The Morgan fingerprint density at radius 2 is 1.90 bits per heavy atom. The maximum atomic E-state index is 13.9. The second-order valence-corrected chi connectivity index (χ2v) is 4.96. The van der Waals surface area contributed by atoms with Gasteiger partial charge in [0.05, 0.1) is 22.7 Å².